The maximum atomic E-state index is 12.8. The second kappa shape index (κ2) is 6.86. The first kappa shape index (κ1) is 16.9. The van der Waals surface area contributed by atoms with E-state index < -0.39 is 12.6 Å². The number of fused-ring (bicyclic) bond motifs is 1. The second-order valence-electron chi connectivity index (χ2n) is 5.15. The van der Waals surface area contributed by atoms with E-state index in [1.165, 1.54) is 18.4 Å². The topological polar surface area (TPSA) is 88.8 Å². The van der Waals surface area contributed by atoms with Gasteiger partial charge in [-0.15, -0.1) is 0 Å². The Morgan fingerprint density at radius 2 is 1.92 bits per heavy atom. The molecule has 0 fully saturated rings. The molecule has 1 aromatic heterocycles. The molecule has 0 saturated heterocycles. The van der Waals surface area contributed by atoms with Gasteiger partial charge in [0.25, 0.3) is 0 Å². The summed E-state index contributed by atoms with van der Waals surface area (Å²) in [6, 6.07) is 9.71. The lowest BCUT2D eigenvalue weighted by Gasteiger charge is -2.09. The fourth-order valence-corrected chi connectivity index (χ4v) is 2.66. The van der Waals surface area contributed by atoms with Crippen molar-refractivity contribution in [1.29, 1.82) is 0 Å². The standard InChI is InChI=1S/C18H13ClO6/c1-23-11-4-2-10(3-5-11)13-8-25-15-7-12(24-9-16(20)21)6-14(19)17(15)18(13)22/h2-8H,9H2,1H3,(H,20,21)/p-1. The molecule has 0 aliphatic rings. The largest absolute Gasteiger partial charge is 0.546 e. The van der Waals surface area contributed by atoms with Crippen molar-refractivity contribution in [3.63, 3.8) is 0 Å². The van der Waals surface area contributed by atoms with E-state index in [9.17, 15) is 14.7 Å². The van der Waals surface area contributed by atoms with Gasteiger partial charge in [-0.2, -0.15) is 0 Å². The van der Waals surface area contributed by atoms with Crippen LogP contribution >= 0.6 is 11.6 Å². The Balaban J connectivity index is 2.07. The van der Waals surface area contributed by atoms with Crippen LogP contribution in [0.2, 0.25) is 5.02 Å². The number of aliphatic carboxylic acids is 1. The Morgan fingerprint density at radius 3 is 2.56 bits per heavy atom. The molecule has 3 aromatic rings. The molecule has 1 heterocycles. The summed E-state index contributed by atoms with van der Waals surface area (Å²) in [5, 5.41) is 10.8. The van der Waals surface area contributed by atoms with E-state index in [4.69, 9.17) is 25.5 Å². The zero-order chi connectivity index (χ0) is 18.0. The average molecular weight is 360 g/mol. The second-order valence-corrected chi connectivity index (χ2v) is 5.55. The predicted molar refractivity (Wildman–Crippen MR) is 90.0 cm³/mol. The van der Waals surface area contributed by atoms with E-state index >= 15 is 0 Å². The predicted octanol–water partition coefficient (Wildman–Crippen LogP) is 2.25. The van der Waals surface area contributed by atoms with Crippen molar-refractivity contribution in [2.45, 2.75) is 0 Å². The van der Waals surface area contributed by atoms with Gasteiger partial charge in [-0.1, -0.05) is 23.7 Å². The molecule has 0 aliphatic heterocycles. The highest BCUT2D eigenvalue weighted by Crippen LogP contribution is 2.29. The SMILES string of the molecule is COc1ccc(-c2coc3cc(OCC(=O)[O-])cc(Cl)c3c2=O)cc1. The molecule has 0 amide bonds. The molecule has 0 saturated carbocycles. The zero-order valence-electron chi connectivity index (χ0n) is 13.1. The highest BCUT2D eigenvalue weighted by molar-refractivity contribution is 6.35. The fourth-order valence-electron chi connectivity index (χ4n) is 2.38. The van der Waals surface area contributed by atoms with Gasteiger partial charge in [0.2, 0.25) is 5.43 Å². The minimum Gasteiger partial charge on any atom is -0.546 e. The Labute approximate surface area is 147 Å². The number of carboxylic acids is 1. The highest BCUT2D eigenvalue weighted by Gasteiger charge is 2.14. The summed E-state index contributed by atoms with van der Waals surface area (Å²) in [5.41, 5.74) is 0.899. The minimum absolute atomic E-state index is 0.106. The number of carbonyl (C=O) groups is 1. The van der Waals surface area contributed by atoms with Gasteiger partial charge in [-0.05, 0) is 23.8 Å². The first-order chi connectivity index (χ1) is 12.0. The molecule has 2 aromatic carbocycles. The maximum Gasteiger partial charge on any atom is 0.202 e. The van der Waals surface area contributed by atoms with Gasteiger partial charge in [0, 0.05) is 6.07 Å². The summed E-state index contributed by atoms with van der Waals surface area (Å²) in [5.74, 6) is -0.531. The maximum absolute atomic E-state index is 12.8. The van der Waals surface area contributed by atoms with Crippen molar-refractivity contribution in [3.8, 4) is 22.6 Å². The van der Waals surface area contributed by atoms with Gasteiger partial charge in [0.05, 0.1) is 29.1 Å². The fraction of sp³-hybridized carbons (Fsp3) is 0.111. The molecule has 0 atom stereocenters. The van der Waals surface area contributed by atoms with Crippen LogP contribution in [-0.4, -0.2) is 19.7 Å². The average Bonchev–Trinajstić information content (AvgIpc) is 2.60. The monoisotopic (exact) mass is 359 g/mol. The van der Waals surface area contributed by atoms with Crippen LogP contribution in [0.4, 0.5) is 0 Å². The van der Waals surface area contributed by atoms with Crippen molar-refractivity contribution < 1.29 is 23.8 Å². The molecule has 0 bridgehead atoms. The molecule has 0 aliphatic carbocycles. The highest BCUT2D eigenvalue weighted by atomic mass is 35.5. The van der Waals surface area contributed by atoms with Crippen LogP contribution in [0.3, 0.4) is 0 Å². The van der Waals surface area contributed by atoms with E-state index in [0.29, 0.717) is 16.9 Å². The third kappa shape index (κ3) is 3.44. The molecule has 0 N–H and O–H groups in total. The third-order valence-corrected chi connectivity index (χ3v) is 3.86. The smallest absolute Gasteiger partial charge is 0.202 e. The van der Waals surface area contributed by atoms with Crippen molar-refractivity contribution in [2.75, 3.05) is 13.7 Å². The Bertz CT molecular complexity index is 991. The molecule has 6 nitrogen and oxygen atoms in total. The van der Waals surface area contributed by atoms with Gasteiger partial charge in [0.15, 0.2) is 0 Å². The van der Waals surface area contributed by atoms with Crippen LogP contribution in [0.15, 0.2) is 51.9 Å². The van der Waals surface area contributed by atoms with Crippen molar-refractivity contribution in [3.05, 3.63) is 57.9 Å². The lowest BCUT2D eigenvalue weighted by Crippen LogP contribution is -2.28. The minimum atomic E-state index is -1.37. The molecular weight excluding hydrogens is 348 g/mol. The Kier molecular flexibility index (Phi) is 4.63. The van der Waals surface area contributed by atoms with Crippen LogP contribution in [0.25, 0.3) is 22.1 Å². The molecular formula is C18H12ClO6-. The number of carbonyl (C=O) groups excluding carboxylic acids is 1. The number of benzene rings is 2. The number of hydrogen-bond acceptors (Lipinski definition) is 6. The van der Waals surface area contributed by atoms with Crippen LogP contribution < -0.4 is 20.0 Å². The molecule has 0 spiro atoms. The summed E-state index contributed by atoms with van der Waals surface area (Å²) in [7, 11) is 1.55. The zero-order valence-corrected chi connectivity index (χ0v) is 13.8. The number of ether oxygens (including phenoxy) is 2. The number of hydrogen-bond donors (Lipinski definition) is 0. The summed E-state index contributed by atoms with van der Waals surface area (Å²) in [6.45, 7) is -0.629. The van der Waals surface area contributed by atoms with E-state index in [-0.39, 0.29) is 27.2 Å². The van der Waals surface area contributed by atoms with Gasteiger partial charge in [-0.25, -0.2) is 0 Å². The summed E-state index contributed by atoms with van der Waals surface area (Å²) in [4.78, 5) is 23.2. The van der Waals surface area contributed by atoms with Crippen LogP contribution in [0.1, 0.15) is 0 Å². The lowest BCUT2D eigenvalue weighted by molar-refractivity contribution is -0.307. The van der Waals surface area contributed by atoms with Gasteiger partial charge in [0.1, 0.15) is 30.0 Å². The van der Waals surface area contributed by atoms with E-state index in [2.05, 4.69) is 0 Å². The lowest BCUT2D eigenvalue weighted by atomic mass is 10.1. The quantitative estimate of drug-likeness (QED) is 0.694. The van der Waals surface area contributed by atoms with E-state index in [1.54, 1.807) is 31.4 Å². The van der Waals surface area contributed by atoms with Gasteiger partial charge < -0.3 is 23.8 Å². The molecule has 7 heteroatoms. The van der Waals surface area contributed by atoms with Gasteiger partial charge in [-0.3, -0.25) is 4.79 Å². The normalized spacial score (nSPS) is 10.6. The molecule has 25 heavy (non-hydrogen) atoms. The van der Waals surface area contributed by atoms with Crippen LogP contribution in [-0.2, 0) is 4.79 Å². The Hall–Kier alpha value is -2.99. The van der Waals surface area contributed by atoms with Gasteiger partial charge >= 0.3 is 0 Å². The third-order valence-electron chi connectivity index (χ3n) is 3.56. The summed E-state index contributed by atoms with van der Waals surface area (Å²) < 4.78 is 15.6. The molecule has 0 unspecified atom stereocenters. The molecule has 0 radical (unpaired) electrons. The molecule has 128 valence electrons. The summed E-state index contributed by atoms with van der Waals surface area (Å²) in [6.07, 6.45) is 1.32. The van der Waals surface area contributed by atoms with Crippen LogP contribution in [0, 0.1) is 0 Å². The van der Waals surface area contributed by atoms with Crippen molar-refractivity contribution >= 4 is 28.5 Å². The van der Waals surface area contributed by atoms with E-state index in [0.717, 1.165) is 0 Å². The first-order valence-electron chi connectivity index (χ1n) is 7.21. The Morgan fingerprint density at radius 1 is 1.20 bits per heavy atom. The number of methoxy groups -OCH3 is 1. The number of rotatable bonds is 5. The van der Waals surface area contributed by atoms with Crippen molar-refractivity contribution in [1.82, 2.24) is 0 Å². The van der Waals surface area contributed by atoms with Crippen LogP contribution in [0.5, 0.6) is 11.5 Å². The molecule has 3 rings (SSSR count). The number of carboxylic acid groups (broad SMARTS) is 1. The van der Waals surface area contributed by atoms with Crippen molar-refractivity contribution in [2.24, 2.45) is 0 Å². The van der Waals surface area contributed by atoms with E-state index in [1.807, 2.05) is 0 Å². The number of halogens is 1. The summed E-state index contributed by atoms with van der Waals surface area (Å²) >= 11 is 6.17. The first-order valence-corrected chi connectivity index (χ1v) is 7.59.